The zero-order valence-corrected chi connectivity index (χ0v) is 11.6. The van der Waals surface area contributed by atoms with Crippen LogP contribution in [0.5, 0.6) is 0 Å². The first kappa shape index (κ1) is 13.8. The molecule has 0 heterocycles. The third kappa shape index (κ3) is 4.19. The number of rotatable bonds is 3. The summed E-state index contributed by atoms with van der Waals surface area (Å²) >= 11 is 11.2. The summed E-state index contributed by atoms with van der Waals surface area (Å²) in [5, 5.41) is 7.02. The Balaban J connectivity index is 1.90. The van der Waals surface area contributed by atoms with Gasteiger partial charge in [0.15, 0.2) is 5.11 Å². The Hall–Kier alpha value is -1.65. The number of halogens is 2. The molecule has 0 radical (unpaired) electrons. The normalized spacial score (nSPS) is 10.0. The Morgan fingerprint density at radius 3 is 2.68 bits per heavy atom. The van der Waals surface area contributed by atoms with E-state index in [0.717, 1.165) is 11.3 Å². The topological polar surface area (TPSA) is 24.1 Å². The van der Waals surface area contributed by atoms with Crippen molar-refractivity contribution in [1.82, 2.24) is 5.32 Å². The summed E-state index contributed by atoms with van der Waals surface area (Å²) in [6.07, 6.45) is 0. The van der Waals surface area contributed by atoms with Gasteiger partial charge in [-0.3, -0.25) is 0 Å². The molecule has 0 saturated carbocycles. The van der Waals surface area contributed by atoms with E-state index in [1.54, 1.807) is 12.1 Å². The van der Waals surface area contributed by atoms with Crippen LogP contribution in [0.2, 0.25) is 5.02 Å². The number of thiocarbonyl (C=S) groups is 1. The molecule has 19 heavy (non-hydrogen) atoms. The second-order valence-electron chi connectivity index (χ2n) is 3.92. The van der Waals surface area contributed by atoms with E-state index in [-0.39, 0.29) is 5.82 Å². The molecular weight excluding hydrogens is 283 g/mol. The van der Waals surface area contributed by atoms with Gasteiger partial charge in [-0.25, -0.2) is 4.39 Å². The van der Waals surface area contributed by atoms with Crippen molar-refractivity contribution in [2.24, 2.45) is 0 Å². The molecule has 0 aliphatic carbocycles. The SMILES string of the molecule is Fc1cccc(CNC(=S)Nc2ccccc2Cl)c1. The van der Waals surface area contributed by atoms with Gasteiger partial charge in [-0.1, -0.05) is 35.9 Å². The minimum Gasteiger partial charge on any atom is -0.358 e. The lowest BCUT2D eigenvalue weighted by Crippen LogP contribution is -2.28. The van der Waals surface area contributed by atoms with Crippen molar-refractivity contribution in [1.29, 1.82) is 0 Å². The molecule has 0 aliphatic heterocycles. The van der Waals surface area contributed by atoms with Crippen LogP contribution in [-0.2, 0) is 6.54 Å². The van der Waals surface area contributed by atoms with Crippen LogP contribution >= 0.6 is 23.8 Å². The molecule has 0 unspecified atom stereocenters. The van der Waals surface area contributed by atoms with Gasteiger partial charge in [-0.15, -0.1) is 0 Å². The molecule has 0 spiro atoms. The monoisotopic (exact) mass is 294 g/mol. The molecule has 98 valence electrons. The van der Waals surface area contributed by atoms with Crippen molar-refractivity contribution in [3.63, 3.8) is 0 Å². The fourth-order valence-electron chi connectivity index (χ4n) is 1.56. The second-order valence-corrected chi connectivity index (χ2v) is 4.73. The second kappa shape index (κ2) is 6.50. The first-order chi connectivity index (χ1) is 9.15. The number of anilines is 1. The van der Waals surface area contributed by atoms with Gasteiger partial charge in [-0.05, 0) is 42.0 Å². The van der Waals surface area contributed by atoms with Crippen LogP contribution in [0.15, 0.2) is 48.5 Å². The van der Waals surface area contributed by atoms with E-state index >= 15 is 0 Å². The standard InChI is InChI=1S/C14H12ClFN2S/c15-12-6-1-2-7-13(12)18-14(19)17-9-10-4-3-5-11(16)8-10/h1-8H,9H2,(H2,17,18,19). The summed E-state index contributed by atoms with van der Waals surface area (Å²) in [6, 6.07) is 13.7. The first-order valence-electron chi connectivity index (χ1n) is 5.69. The summed E-state index contributed by atoms with van der Waals surface area (Å²) < 4.78 is 13.0. The van der Waals surface area contributed by atoms with Crippen molar-refractivity contribution in [2.45, 2.75) is 6.54 Å². The summed E-state index contributed by atoms with van der Waals surface area (Å²) in [5.74, 6) is -0.260. The third-order valence-corrected chi connectivity index (χ3v) is 3.04. The number of hydrogen-bond acceptors (Lipinski definition) is 1. The van der Waals surface area contributed by atoms with Crippen molar-refractivity contribution < 1.29 is 4.39 Å². The highest BCUT2D eigenvalue weighted by Crippen LogP contribution is 2.20. The molecule has 2 nitrogen and oxygen atoms in total. The predicted octanol–water partition coefficient (Wildman–Crippen LogP) is 3.97. The summed E-state index contributed by atoms with van der Waals surface area (Å²) in [4.78, 5) is 0. The Kier molecular flexibility index (Phi) is 4.71. The van der Waals surface area contributed by atoms with Crippen LogP contribution in [0.25, 0.3) is 0 Å². The average Bonchev–Trinajstić information content (AvgIpc) is 2.39. The highest BCUT2D eigenvalue weighted by molar-refractivity contribution is 7.80. The molecule has 0 aliphatic rings. The van der Waals surface area contributed by atoms with Gasteiger partial charge in [0.05, 0.1) is 10.7 Å². The quantitative estimate of drug-likeness (QED) is 0.838. The summed E-state index contributed by atoms with van der Waals surface area (Å²) in [5.41, 5.74) is 1.56. The first-order valence-corrected chi connectivity index (χ1v) is 6.47. The number of hydrogen-bond donors (Lipinski definition) is 2. The van der Waals surface area contributed by atoms with Crippen molar-refractivity contribution in [2.75, 3.05) is 5.32 Å². The lowest BCUT2D eigenvalue weighted by Gasteiger charge is -2.11. The van der Waals surface area contributed by atoms with Crippen LogP contribution in [0.1, 0.15) is 5.56 Å². The van der Waals surface area contributed by atoms with Crippen LogP contribution in [0.3, 0.4) is 0 Å². The van der Waals surface area contributed by atoms with Crippen LogP contribution in [0.4, 0.5) is 10.1 Å². The molecule has 0 fully saturated rings. The third-order valence-electron chi connectivity index (χ3n) is 2.46. The van der Waals surface area contributed by atoms with Crippen molar-refractivity contribution in [3.8, 4) is 0 Å². The minimum atomic E-state index is -0.260. The Morgan fingerprint density at radius 2 is 1.95 bits per heavy atom. The average molecular weight is 295 g/mol. The maximum Gasteiger partial charge on any atom is 0.171 e. The number of nitrogens with one attached hydrogen (secondary N) is 2. The maximum absolute atomic E-state index is 13.0. The Labute approximate surface area is 121 Å². The molecule has 2 N–H and O–H groups in total. The van der Waals surface area contributed by atoms with Crippen LogP contribution in [-0.4, -0.2) is 5.11 Å². The molecule has 0 bridgehead atoms. The molecule has 5 heteroatoms. The van der Waals surface area contributed by atoms with Gasteiger partial charge in [0, 0.05) is 6.54 Å². The molecular formula is C14H12ClFN2S. The molecule has 2 aromatic rings. The fraction of sp³-hybridized carbons (Fsp3) is 0.0714. The smallest absolute Gasteiger partial charge is 0.171 e. The van der Waals surface area contributed by atoms with Crippen molar-refractivity contribution in [3.05, 3.63) is 64.9 Å². The highest BCUT2D eigenvalue weighted by Gasteiger charge is 2.02. The fourth-order valence-corrected chi connectivity index (χ4v) is 1.92. The van der Waals surface area contributed by atoms with Gasteiger partial charge >= 0.3 is 0 Å². The van der Waals surface area contributed by atoms with E-state index in [1.165, 1.54) is 12.1 Å². The molecule has 0 amide bonds. The lowest BCUT2D eigenvalue weighted by atomic mass is 10.2. The van der Waals surface area contributed by atoms with Gasteiger partial charge in [0.1, 0.15) is 5.82 Å². The van der Waals surface area contributed by atoms with Crippen LogP contribution < -0.4 is 10.6 Å². The number of benzene rings is 2. The van der Waals surface area contributed by atoms with E-state index in [1.807, 2.05) is 24.3 Å². The largest absolute Gasteiger partial charge is 0.358 e. The van der Waals surface area contributed by atoms with Gasteiger partial charge in [0.2, 0.25) is 0 Å². The van der Waals surface area contributed by atoms with Crippen molar-refractivity contribution >= 4 is 34.6 Å². The van der Waals surface area contributed by atoms with E-state index < -0.39 is 0 Å². The molecule has 2 aromatic carbocycles. The molecule has 0 atom stereocenters. The van der Waals surface area contributed by atoms with Gasteiger partial charge < -0.3 is 10.6 Å². The maximum atomic E-state index is 13.0. The molecule has 0 aromatic heterocycles. The summed E-state index contributed by atoms with van der Waals surface area (Å²) in [6.45, 7) is 0.452. The predicted molar refractivity (Wildman–Crippen MR) is 80.9 cm³/mol. The highest BCUT2D eigenvalue weighted by atomic mass is 35.5. The van der Waals surface area contributed by atoms with Crippen LogP contribution in [0, 0.1) is 5.82 Å². The summed E-state index contributed by atoms with van der Waals surface area (Å²) in [7, 11) is 0. The zero-order valence-electron chi connectivity index (χ0n) is 9.99. The van der Waals surface area contributed by atoms with E-state index in [9.17, 15) is 4.39 Å². The molecule has 0 saturated heterocycles. The molecule has 2 rings (SSSR count). The Morgan fingerprint density at radius 1 is 1.16 bits per heavy atom. The van der Waals surface area contributed by atoms with E-state index in [4.69, 9.17) is 23.8 Å². The van der Waals surface area contributed by atoms with Gasteiger partial charge in [-0.2, -0.15) is 0 Å². The Bertz CT molecular complexity index is 589. The van der Waals surface area contributed by atoms with E-state index in [0.29, 0.717) is 16.7 Å². The zero-order chi connectivity index (χ0) is 13.7. The van der Waals surface area contributed by atoms with Gasteiger partial charge in [0.25, 0.3) is 0 Å². The minimum absolute atomic E-state index is 0.260. The van der Waals surface area contributed by atoms with E-state index in [2.05, 4.69) is 10.6 Å². The number of para-hydroxylation sites is 1. The lowest BCUT2D eigenvalue weighted by molar-refractivity contribution is 0.625.